The van der Waals surface area contributed by atoms with E-state index in [1.165, 1.54) is 17.7 Å². The molecule has 1 aliphatic rings. The van der Waals surface area contributed by atoms with Crippen molar-refractivity contribution in [1.29, 1.82) is 0 Å². The lowest BCUT2D eigenvalue weighted by Gasteiger charge is -2.28. The Hall–Kier alpha value is -0.580. The standard InChI is InChI=1S/C15H24N2OS.ClH/c1-2-13(14-8-5-9-19-14)17-15(18)10-11-6-3-4-7-12(11)16;/h5,8-9,11-13H,2-4,6-7,10,16H2,1H3,(H,17,18);1H. The molecule has 0 aromatic carbocycles. The molecule has 3 nitrogen and oxygen atoms in total. The van der Waals surface area contributed by atoms with Crippen LogP contribution >= 0.6 is 23.7 Å². The first-order valence-corrected chi connectivity index (χ1v) is 8.17. The minimum Gasteiger partial charge on any atom is -0.348 e. The summed E-state index contributed by atoms with van der Waals surface area (Å²) in [6.07, 6.45) is 6.12. The molecule has 1 saturated carbocycles. The van der Waals surface area contributed by atoms with Crippen LogP contribution in [0.2, 0.25) is 0 Å². The molecule has 1 aliphatic carbocycles. The lowest BCUT2D eigenvalue weighted by Crippen LogP contribution is -2.37. The van der Waals surface area contributed by atoms with Crippen molar-refractivity contribution in [2.24, 2.45) is 11.7 Å². The molecule has 3 atom stereocenters. The molecule has 114 valence electrons. The van der Waals surface area contributed by atoms with Gasteiger partial charge in [0, 0.05) is 17.3 Å². The van der Waals surface area contributed by atoms with Gasteiger partial charge in [0.2, 0.25) is 5.91 Å². The number of hydrogen-bond acceptors (Lipinski definition) is 3. The summed E-state index contributed by atoms with van der Waals surface area (Å²) in [7, 11) is 0. The summed E-state index contributed by atoms with van der Waals surface area (Å²) in [6.45, 7) is 2.11. The number of rotatable bonds is 5. The zero-order chi connectivity index (χ0) is 13.7. The first kappa shape index (κ1) is 17.5. The maximum absolute atomic E-state index is 12.2. The first-order chi connectivity index (χ1) is 9.20. The van der Waals surface area contributed by atoms with E-state index in [4.69, 9.17) is 5.73 Å². The average Bonchev–Trinajstić information content (AvgIpc) is 2.92. The molecule has 1 fully saturated rings. The molecule has 1 heterocycles. The van der Waals surface area contributed by atoms with E-state index in [0.717, 1.165) is 19.3 Å². The Morgan fingerprint density at radius 1 is 1.50 bits per heavy atom. The summed E-state index contributed by atoms with van der Waals surface area (Å²) in [5.74, 6) is 0.525. The summed E-state index contributed by atoms with van der Waals surface area (Å²) in [4.78, 5) is 13.4. The highest BCUT2D eigenvalue weighted by Gasteiger charge is 2.25. The van der Waals surface area contributed by atoms with Crippen molar-refractivity contribution in [1.82, 2.24) is 5.32 Å². The van der Waals surface area contributed by atoms with Crippen LogP contribution in [0.5, 0.6) is 0 Å². The predicted molar refractivity (Wildman–Crippen MR) is 87.3 cm³/mol. The van der Waals surface area contributed by atoms with Crippen LogP contribution in [0.1, 0.15) is 56.4 Å². The third kappa shape index (κ3) is 4.76. The SMILES string of the molecule is CCC(NC(=O)CC1CCCCC1N)c1cccs1.Cl. The molecule has 5 heteroatoms. The zero-order valence-electron chi connectivity index (χ0n) is 12.0. The van der Waals surface area contributed by atoms with Crippen molar-refractivity contribution < 1.29 is 4.79 Å². The summed E-state index contributed by atoms with van der Waals surface area (Å²) in [6, 6.07) is 4.49. The fourth-order valence-corrected chi connectivity index (χ4v) is 3.71. The Balaban J connectivity index is 0.00000200. The first-order valence-electron chi connectivity index (χ1n) is 7.29. The number of carbonyl (C=O) groups excluding carboxylic acids is 1. The number of nitrogens with two attached hydrogens (primary N) is 1. The second kappa shape index (κ2) is 8.65. The molecule has 0 bridgehead atoms. The molecule has 1 aromatic rings. The Morgan fingerprint density at radius 3 is 2.85 bits per heavy atom. The number of hydrogen-bond donors (Lipinski definition) is 2. The summed E-state index contributed by atoms with van der Waals surface area (Å²) in [5.41, 5.74) is 6.11. The van der Waals surface area contributed by atoms with Crippen LogP contribution in [0.3, 0.4) is 0 Å². The average molecular weight is 317 g/mol. The number of carbonyl (C=O) groups is 1. The molecule has 20 heavy (non-hydrogen) atoms. The minimum atomic E-state index is 0. The van der Waals surface area contributed by atoms with Gasteiger partial charge in [-0.3, -0.25) is 4.79 Å². The summed E-state index contributed by atoms with van der Waals surface area (Å²) < 4.78 is 0. The van der Waals surface area contributed by atoms with Gasteiger partial charge in [-0.25, -0.2) is 0 Å². The van der Waals surface area contributed by atoms with Gasteiger partial charge in [-0.2, -0.15) is 0 Å². The van der Waals surface area contributed by atoms with E-state index in [-0.39, 0.29) is 30.4 Å². The normalized spacial score (nSPS) is 23.7. The van der Waals surface area contributed by atoms with Gasteiger partial charge in [0.15, 0.2) is 0 Å². The van der Waals surface area contributed by atoms with E-state index in [2.05, 4.69) is 23.7 Å². The third-order valence-electron chi connectivity index (χ3n) is 4.05. The van der Waals surface area contributed by atoms with Gasteiger partial charge in [-0.15, -0.1) is 23.7 Å². The molecule has 0 aliphatic heterocycles. The van der Waals surface area contributed by atoms with Gasteiger partial charge in [-0.05, 0) is 36.6 Å². The topological polar surface area (TPSA) is 55.1 Å². The van der Waals surface area contributed by atoms with Crippen LogP contribution in [-0.2, 0) is 4.79 Å². The summed E-state index contributed by atoms with van der Waals surface area (Å²) in [5, 5.41) is 5.21. The van der Waals surface area contributed by atoms with E-state index in [0.29, 0.717) is 12.3 Å². The smallest absolute Gasteiger partial charge is 0.220 e. The highest BCUT2D eigenvalue weighted by molar-refractivity contribution is 7.10. The molecule has 0 radical (unpaired) electrons. The Morgan fingerprint density at radius 2 is 2.25 bits per heavy atom. The van der Waals surface area contributed by atoms with Gasteiger partial charge in [-0.1, -0.05) is 25.8 Å². The quantitative estimate of drug-likeness (QED) is 0.871. The Bertz CT molecular complexity index is 397. The fourth-order valence-electron chi connectivity index (χ4n) is 2.85. The van der Waals surface area contributed by atoms with E-state index in [1.807, 2.05) is 6.07 Å². The second-order valence-electron chi connectivity index (χ2n) is 5.46. The van der Waals surface area contributed by atoms with Crippen molar-refractivity contribution >= 4 is 29.7 Å². The van der Waals surface area contributed by atoms with Gasteiger partial charge < -0.3 is 11.1 Å². The lowest BCUT2D eigenvalue weighted by molar-refractivity contribution is -0.123. The van der Waals surface area contributed by atoms with Crippen molar-refractivity contribution in [2.75, 3.05) is 0 Å². The predicted octanol–water partition coefficient (Wildman–Crippen LogP) is 3.64. The maximum atomic E-state index is 12.2. The number of halogens is 1. The third-order valence-corrected chi connectivity index (χ3v) is 5.03. The fraction of sp³-hybridized carbons (Fsp3) is 0.667. The number of amides is 1. The van der Waals surface area contributed by atoms with Gasteiger partial charge in [0.1, 0.15) is 0 Å². The summed E-state index contributed by atoms with van der Waals surface area (Å²) >= 11 is 1.70. The molecule has 1 amide bonds. The van der Waals surface area contributed by atoms with Gasteiger partial charge in [0.05, 0.1) is 6.04 Å². The molecule has 1 aromatic heterocycles. The van der Waals surface area contributed by atoms with Crippen LogP contribution in [0.4, 0.5) is 0 Å². The van der Waals surface area contributed by atoms with Crippen LogP contribution in [-0.4, -0.2) is 11.9 Å². The highest BCUT2D eigenvalue weighted by Crippen LogP contribution is 2.27. The van der Waals surface area contributed by atoms with Crippen LogP contribution < -0.4 is 11.1 Å². The highest BCUT2D eigenvalue weighted by atomic mass is 35.5. The Kier molecular flexibility index (Phi) is 7.56. The molecule has 0 spiro atoms. The van der Waals surface area contributed by atoms with Crippen LogP contribution in [0.15, 0.2) is 17.5 Å². The van der Waals surface area contributed by atoms with Crippen molar-refractivity contribution in [3.63, 3.8) is 0 Å². The van der Waals surface area contributed by atoms with Crippen LogP contribution in [0, 0.1) is 5.92 Å². The van der Waals surface area contributed by atoms with Crippen molar-refractivity contribution in [3.8, 4) is 0 Å². The monoisotopic (exact) mass is 316 g/mol. The van der Waals surface area contributed by atoms with E-state index in [1.54, 1.807) is 11.3 Å². The molecule has 2 rings (SSSR count). The number of thiophene rings is 1. The van der Waals surface area contributed by atoms with E-state index < -0.39 is 0 Å². The maximum Gasteiger partial charge on any atom is 0.220 e. The van der Waals surface area contributed by atoms with Gasteiger partial charge >= 0.3 is 0 Å². The minimum absolute atomic E-state index is 0. The largest absolute Gasteiger partial charge is 0.348 e. The van der Waals surface area contributed by atoms with Gasteiger partial charge in [0.25, 0.3) is 0 Å². The molecule has 3 unspecified atom stereocenters. The lowest BCUT2D eigenvalue weighted by atomic mass is 9.83. The van der Waals surface area contributed by atoms with E-state index in [9.17, 15) is 4.79 Å². The van der Waals surface area contributed by atoms with E-state index >= 15 is 0 Å². The second-order valence-corrected chi connectivity index (χ2v) is 6.44. The van der Waals surface area contributed by atoms with Crippen molar-refractivity contribution in [3.05, 3.63) is 22.4 Å². The molecule has 3 N–H and O–H groups in total. The van der Waals surface area contributed by atoms with Crippen LogP contribution in [0.25, 0.3) is 0 Å². The Labute approximate surface area is 131 Å². The molecular weight excluding hydrogens is 292 g/mol. The van der Waals surface area contributed by atoms with Crippen molar-refractivity contribution in [2.45, 2.75) is 57.5 Å². The molecular formula is C15H25ClN2OS. The molecule has 0 saturated heterocycles. The zero-order valence-corrected chi connectivity index (χ0v) is 13.6. The number of nitrogens with one attached hydrogen (secondary N) is 1.